The van der Waals surface area contributed by atoms with Crippen molar-refractivity contribution in [1.29, 1.82) is 0 Å². The van der Waals surface area contributed by atoms with Gasteiger partial charge in [0.25, 0.3) is 0 Å². The van der Waals surface area contributed by atoms with Crippen molar-refractivity contribution in [3.8, 4) is 0 Å². The first-order valence-electron chi connectivity index (χ1n) is 8.52. The van der Waals surface area contributed by atoms with Crippen LogP contribution in [0.5, 0.6) is 0 Å². The molecule has 2 heterocycles. The molecule has 2 aromatic heterocycles. The standard InChI is InChI=1S/C17H13F5N6O3/c1-7-17(24-11(29)6-26-4-9(3-23-26)28(30)31)8(2)27(25-7)5-10-12(18)14(20)16(22)15(21)13(10)19/h3-4H,5-6H2,1-2H3,(H,24,29). The number of benzene rings is 1. The maximum atomic E-state index is 13.9. The molecule has 0 saturated carbocycles. The normalized spacial score (nSPS) is 11.1. The lowest BCUT2D eigenvalue weighted by Gasteiger charge is -2.10. The average molecular weight is 444 g/mol. The summed E-state index contributed by atoms with van der Waals surface area (Å²) >= 11 is 0. The Balaban J connectivity index is 1.83. The van der Waals surface area contributed by atoms with Crippen LogP contribution in [0, 0.1) is 53.0 Å². The van der Waals surface area contributed by atoms with Crippen LogP contribution in [0.1, 0.15) is 17.0 Å². The van der Waals surface area contributed by atoms with E-state index in [-0.39, 0.29) is 29.3 Å². The van der Waals surface area contributed by atoms with E-state index in [4.69, 9.17) is 0 Å². The highest BCUT2D eigenvalue weighted by Gasteiger charge is 2.27. The highest BCUT2D eigenvalue weighted by Crippen LogP contribution is 2.26. The second-order valence-corrected chi connectivity index (χ2v) is 6.45. The number of nitrogens with one attached hydrogen (secondary N) is 1. The lowest BCUT2D eigenvalue weighted by molar-refractivity contribution is -0.385. The van der Waals surface area contributed by atoms with Crippen LogP contribution in [0.25, 0.3) is 0 Å². The predicted molar refractivity (Wildman–Crippen MR) is 94.5 cm³/mol. The molecule has 3 rings (SSSR count). The summed E-state index contributed by atoms with van der Waals surface area (Å²) in [6.45, 7) is 1.71. The number of nitro groups is 1. The van der Waals surface area contributed by atoms with E-state index in [0.29, 0.717) is 0 Å². The summed E-state index contributed by atoms with van der Waals surface area (Å²) in [6.07, 6.45) is 2.01. The number of halogens is 5. The molecule has 0 fully saturated rings. The molecule has 9 nitrogen and oxygen atoms in total. The van der Waals surface area contributed by atoms with Crippen LogP contribution in [0.2, 0.25) is 0 Å². The lowest BCUT2D eigenvalue weighted by atomic mass is 10.1. The van der Waals surface area contributed by atoms with Gasteiger partial charge in [-0.15, -0.1) is 0 Å². The van der Waals surface area contributed by atoms with E-state index in [0.717, 1.165) is 21.8 Å². The second-order valence-electron chi connectivity index (χ2n) is 6.45. The monoisotopic (exact) mass is 444 g/mol. The third kappa shape index (κ3) is 4.08. The first kappa shape index (κ1) is 21.9. The minimum absolute atomic E-state index is 0.149. The van der Waals surface area contributed by atoms with Crippen molar-refractivity contribution in [2.75, 3.05) is 5.32 Å². The van der Waals surface area contributed by atoms with Crippen LogP contribution in [0.3, 0.4) is 0 Å². The summed E-state index contributed by atoms with van der Waals surface area (Å²) in [5.74, 6) is -11.0. The summed E-state index contributed by atoms with van der Waals surface area (Å²) in [4.78, 5) is 22.2. The smallest absolute Gasteiger partial charge is 0.307 e. The Hall–Kier alpha value is -3.84. The van der Waals surface area contributed by atoms with Crippen LogP contribution >= 0.6 is 0 Å². The fraction of sp³-hybridized carbons (Fsp3) is 0.235. The number of hydrogen-bond acceptors (Lipinski definition) is 5. The van der Waals surface area contributed by atoms with E-state index in [1.165, 1.54) is 13.8 Å². The number of nitrogens with zero attached hydrogens (tertiary/aromatic N) is 5. The molecule has 0 bridgehead atoms. The summed E-state index contributed by atoms with van der Waals surface area (Å²) in [5, 5.41) is 20.8. The number of aryl methyl sites for hydroxylation is 1. The number of aromatic nitrogens is 4. The molecule has 0 saturated heterocycles. The zero-order valence-corrected chi connectivity index (χ0v) is 15.9. The molecule has 0 unspecified atom stereocenters. The van der Waals surface area contributed by atoms with Crippen LogP contribution in [0.15, 0.2) is 12.4 Å². The molecule has 0 aliphatic heterocycles. The number of rotatable bonds is 6. The van der Waals surface area contributed by atoms with Crippen molar-refractivity contribution in [2.24, 2.45) is 0 Å². The number of amides is 1. The van der Waals surface area contributed by atoms with Gasteiger partial charge >= 0.3 is 5.69 Å². The highest BCUT2D eigenvalue weighted by atomic mass is 19.2. The molecule has 164 valence electrons. The molecular formula is C17H13F5N6O3. The second kappa shape index (κ2) is 8.12. The van der Waals surface area contributed by atoms with Crippen LogP contribution < -0.4 is 5.32 Å². The number of anilines is 1. The van der Waals surface area contributed by atoms with Gasteiger partial charge in [-0.05, 0) is 13.8 Å². The number of hydrogen-bond donors (Lipinski definition) is 1. The Labute approximate surface area is 170 Å². The Kier molecular flexibility index (Phi) is 5.73. The van der Waals surface area contributed by atoms with E-state index in [1.54, 1.807) is 0 Å². The van der Waals surface area contributed by atoms with E-state index < -0.39 is 52.0 Å². The van der Waals surface area contributed by atoms with Gasteiger partial charge in [-0.3, -0.25) is 24.3 Å². The van der Waals surface area contributed by atoms with E-state index in [1.807, 2.05) is 0 Å². The highest BCUT2D eigenvalue weighted by molar-refractivity contribution is 5.91. The van der Waals surface area contributed by atoms with E-state index >= 15 is 0 Å². The minimum Gasteiger partial charge on any atom is -0.321 e. The Morgan fingerprint density at radius 3 is 2.23 bits per heavy atom. The van der Waals surface area contributed by atoms with E-state index in [2.05, 4.69) is 15.5 Å². The van der Waals surface area contributed by atoms with Crippen molar-refractivity contribution in [3.63, 3.8) is 0 Å². The fourth-order valence-electron chi connectivity index (χ4n) is 2.83. The van der Waals surface area contributed by atoms with Gasteiger partial charge in [0.1, 0.15) is 18.9 Å². The van der Waals surface area contributed by atoms with Gasteiger partial charge < -0.3 is 5.32 Å². The SMILES string of the molecule is Cc1nn(Cc2c(F)c(F)c(F)c(F)c2F)c(C)c1NC(=O)Cn1cc([N+](=O)[O-])cn1. The average Bonchev–Trinajstić information content (AvgIpc) is 3.28. The quantitative estimate of drug-likeness (QED) is 0.207. The first-order valence-corrected chi connectivity index (χ1v) is 8.52. The zero-order chi connectivity index (χ0) is 23.0. The van der Waals surface area contributed by atoms with Crippen LogP contribution in [0.4, 0.5) is 33.3 Å². The molecule has 3 aromatic rings. The third-order valence-corrected chi connectivity index (χ3v) is 4.39. The molecular weight excluding hydrogens is 431 g/mol. The molecule has 0 aliphatic rings. The summed E-state index contributed by atoms with van der Waals surface area (Å²) in [7, 11) is 0. The molecule has 1 amide bonds. The Morgan fingerprint density at radius 1 is 1.10 bits per heavy atom. The van der Waals surface area contributed by atoms with Crippen molar-refractivity contribution < 1.29 is 31.7 Å². The fourth-order valence-corrected chi connectivity index (χ4v) is 2.83. The lowest BCUT2D eigenvalue weighted by Crippen LogP contribution is -2.20. The third-order valence-electron chi connectivity index (χ3n) is 4.39. The number of carbonyl (C=O) groups is 1. The minimum atomic E-state index is -2.26. The molecule has 14 heteroatoms. The topological polar surface area (TPSA) is 108 Å². The van der Waals surface area contributed by atoms with Crippen LogP contribution in [-0.4, -0.2) is 30.4 Å². The van der Waals surface area contributed by atoms with Gasteiger partial charge in [-0.1, -0.05) is 0 Å². The van der Waals surface area contributed by atoms with Gasteiger partial charge in [0.15, 0.2) is 23.3 Å². The van der Waals surface area contributed by atoms with Gasteiger partial charge in [-0.2, -0.15) is 10.2 Å². The van der Waals surface area contributed by atoms with Crippen LogP contribution in [-0.2, 0) is 17.9 Å². The first-order chi connectivity index (χ1) is 14.5. The Bertz CT molecular complexity index is 1180. The molecule has 0 atom stereocenters. The van der Waals surface area contributed by atoms with Crippen molar-refractivity contribution in [1.82, 2.24) is 19.6 Å². The van der Waals surface area contributed by atoms with Gasteiger partial charge in [0.2, 0.25) is 11.7 Å². The van der Waals surface area contributed by atoms with Crippen molar-refractivity contribution in [3.05, 3.63) is 68.5 Å². The number of carbonyl (C=O) groups excluding carboxylic acids is 1. The summed E-state index contributed by atoms with van der Waals surface area (Å²) in [5.41, 5.74) is -0.850. The molecule has 1 N–H and O–H groups in total. The predicted octanol–water partition coefficient (Wildman–Crippen LogP) is 2.99. The molecule has 1 aromatic carbocycles. The maximum Gasteiger partial charge on any atom is 0.307 e. The van der Waals surface area contributed by atoms with Crippen molar-refractivity contribution in [2.45, 2.75) is 26.9 Å². The van der Waals surface area contributed by atoms with Gasteiger partial charge in [0.05, 0.1) is 34.1 Å². The zero-order valence-electron chi connectivity index (χ0n) is 15.9. The molecule has 0 aliphatic carbocycles. The summed E-state index contributed by atoms with van der Waals surface area (Å²) < 4.78 is 70.0. The molecule has 0 spiro atoms. The Morgan fingerprint density at radius 2 is 1.68 bits per heavy atom. The largest absolute Gasteiger partial charge is 0.321 e. The van der Waals surface area contributed by atoms with E-state index in [9.17, 15) is 36.9 Å². The molecule has 0 radical (unpaired) electrons. The van der Waals surface area contributed by atoms with Crippen molar-refractivity contribution >= 4 is 17.3 Å². The molecule has 31 heavy (non-hydrogen) atoms. The summed E-state index contributed by atoms with van der Waals surface area (Å²) in [6, 6.07) is 0. The van der Waals surface area contributed by atoms with Gasteiger partial charge in [-0.25, -0.2) is 22.0 Å². The van der Waals surface area contributed by atoms with Gasteiger partial charge in [0, 0.05) is 0 Å². The maximum absolute atomic E-state index is 13.9.